The molecule has 144 valence electrons. The lowest BCUT2D eigenvalue weighted by atomic mass is 9.97. The summed E-state index contributed by atoms with van der Waals surface area (Å²) in [6, 6.07) is 14.9. The predicted molar refractivity (Wildman–Crippen MR) is 122 cm³/mol. The number of unbranched alkanes of at least 4 members (excludes halogenated alkanes) is 7. The first-order chi connectivity index (χ1) is 13.2. The highest BCUT2D eigenvalue weighted by Crippen LogP contribution is 2.40. The van der Waals surface area contributed by atoms with Crippen molar-refractivity contribution < 1.29 is 0 Å². The second kappa shape index (κ2) is 9.99. The van der Waals surface area contributed by atoms with Crippen molar-refractivity contribution in [3.63, 3.8) is 0 Å². The van der Waals surface area contributed by atoms with Crippen LogP contribution >= 0.6 is 11.6 Å². The van der Waals surface area contributed by atoms with Crippen LogP contribution in [0.4, 0.5) is 5.69 Å². The van der Waals surface area contributed by atoms with E-state index in [0.29, 0.717) is 0 Å². The molecule has 0 saturated heterocycles. The van der Waals surface area contributed by atoms with Crippen LogP contribution in [0.3, 0.4) is 0 Å². The fraction of sp³-hybridized carbons (Fsp3) is 0.440. The SMILES string of the molecule is CCCCCCCCCCNc1c2ccccc2c(Cl)c2c(C)cccc12. The molecule has 0 bridgehead atoms. The number of fused-ring (bicyclic) bond motifs is 2. The zero-order valence-corrected chi connectivity index (χ0v) is 17.5. The Morgan fingerprint density at radius 2 is 1.37 bits per heavy atom. The molecule has 3 aromatic rings. The molecule has 0 atom stereocenters. The molecule has 3 rings (SSSR count). The van der Waals surface area contributed by atoms with Crippen molar-refractivity contribution in [2.75, 3.05) is 11.9 Å². The van der Waals surface area contributed by atoms with Crippen molar-refractivity contribution in [2.24, 2.45) is 0 Å². The van der Waals surface area contributed by atoms with Crippen LogP contribution in [-0.2, 0) is 0 Å². The summed E-state index contributed by atoms with van der Waals surface area (Å²) in [6.07, 6.45) is 10.8. The Morgan fingerprint density at radius 3 is 2.11 bits per heavy atom. The molecule has 0 heterocycles. The van der Waals surface area contributed by atoms with Gasteiger partial charge < -0.3 is 5.32 Å². The molecule has 3 aromatic carbocycles. The maximum atomic E-state index is 6.78. The van der Waals surface area contributed by atoms with Crippen LogP contribution in [-0.4, -0.2) is 6.54 Å². The molecule has 1 nitrogen and oxygen atoms in total. The molecule has 27 heavy (non-hydrogen) atoms. The standard InChI is InChI=1S/C25H32ClN/c1-3-4-5-6-7-8-9-12-18-27-25-21-16-11-10-15-20(21)24(26)23-19(2)14-13-17-22(23)25/h10-11,13-17,27H,3-9,12,18H2,1-2H3. The quantitative estimate of drug-likeness (QED) is 0.274. The summed E-state index contributed by atoms with van der Waals surface area (Å²) in [7, 11) is 0. The summed E-state index contributed by atoms with van der Waals surface area (Å²) in [5.74, 6) is 0. The van der Waals surface area contributed by atoms with Crippen LogP contribution in [0, 0.1) is 6.92 Å². The van der Waals surface area contributed by atoms with Crippen LogP contribution in [0.5, 0.6) is 0 Å². The Hall–Kier alpha value is -1.73. The van der Waals surface area contributed by atoms with E-state index in [0.717, 1.165) is 17.0 Å². The Labute approximate surface area is 169 Å². The highest BCUT2D eigenvalue weighted by atomic mass is 35.5. The second-order valence-corrected chi connectivity index (χ2v) is 8.01. The molecule has 2 heteroatoms. The summed E-state index contributed by atoms with van der Waals surface area (Å²) in [5, 5.41) is 9.38. The molecule has 0 fully saturated rings. The van der Waals surface area contributed by atoms with Crippen LogP contribution in [0.15, 0.2) is 42.5 Å². The van der Waals surface area contributed by atoms with E-state index >= 15 is 0 Å². The average Bonchev–Trinajstić information content (AvgIpc) is 2.69. The zero-order valence-electron chi connectivity index (χ0n) is 16.8. The zero-order chi connectivity index (χ0) is 19.1. The van der Waals surface area contributed by atoms with Crippen molar-refractivity contribution in [3.8, 4) is 0 Å². The first-order valence-electron chi connectivity index (χ1n) is 10.6. The molecule has 0 saturated carbocycles. The van der Waals surface area contributed by atoms with E-state index in [9.17, 15) is 0 Å². The van der Waals surface area contributed by atoms with Gasteiger partial charge in [-0.2, -0.15) is 0 Å². The van der Waals surface area contributed by atoms with Crippen LogP contribution < -0.4 is 5.32 Å². The number of hydrogen-bond acceptors (Lipinski definition) is 1. The van der Waals surface area contributed by atoms with Crippen molar-refractivity contribution in [3.05, 3.63) is 53.1 Å². The van der Waals surface area contributed by atoms with Gasteiger partial charge in [0, 0.05) is 28.1 Å². The number of hydrogen-bond donors (Lipinski definition) is 1. The highest BCUT2D eigenvalue weighted by molar-refractivity contribution is 6.42. The van der Waals surface area contributed by atoms with E-state index in [1.807, 2.05) is 0 Å². The van der Waals surface area contributed by atoms with Crippen LogP contribution in [0.25, 0.3) is 21.5 Å². The predicted octanol–water partition coefficient (Wildman–Crippen LogP) is 8.51. The molecule has 0 aliphatic rings. The topological polar surface area (TPSA) is 12.0 Å². The van der Waals surface area contributed by atoms with E-state index in [2.05, 4.69) is 61.6 Å². The van der Waals surface area contributed by atoms with Gasteiger partial charge in [-0.15, -0.1) is 0 Å². The summed E-state index contributed by atoms with van der Waals surface area (Å²) in [5.41, 5.74) is 2.47. The smallest absolute Gasteiger partial charge is 0.0566 e. The summed E-state index contributed by atoms with van der Waals surface area (Å²) in [4.78, 5) is 0. The van der Waals surface area contributed by atoms with Gasteiger partial charge in [-0.1, -0.05) is 106 Å². The van der Waals surface area contributed by atoms with E-state index in [1.165, 1.54) is 78.8 Å². The van der Waals surface area contributed by atoms with Gasteiger partial charge in [0.1, 0.15) is 0 Å². The number of rotatable bonds is 10. The highest BCUT2D eigenvalue weighted by Gasteiger charge is 2.13. The Balaban J connectivity index is 1.70. The van der Waals surface area contributed by atoms with Gasteiger partial charge in [-0.3, -0.25) is 0 Å². The van der Waals surface area contributed by atoms with Crippen LogP contribution in [0.1, 0.15) is 63.9 Å². The third kappa shape index (κ3) is 4.76. The number of anilines is 1. The van der Waals surface area contributed by atoms with E-state index in [-0.39, 0.29) is 0 Å². The normalized spacial score (nSPS) is 11.4. The molecule has 0 unspecified atom stereocenters. The first-order valence-corrected chi connectivity index (χ1v) is 10.9. The fourth-order valence-electron chi connectivity index (χ4n) is 4.00. The summed E-state index contributed by atoms with van der Waals surface area (Å²) in [6.45, 7) is 5.44. The van der Waals surface area contributed by atoms with E-state index in [1.54, 1.807) is 0 Å². The van der Waals surface area contributed by atoms with Crippen molar-refractivity contribution >= 4 is 38.8 Å². The molecule has 0 amide bonds. The largest absolute Gasteiger partial charge is 0.384 e. The molecular formula is C25H32ClN. The number of aryl methyl sites for hydroxylation is 1. The third-order valence-electron chi connectivity index (χ3n) is 5.53. The number of nitrogens with one attached hydrogen (secondary N) is 1. The first kappa shape index (κ1) is 20.0. The van der Waals surface area contributed by atoms with Gasteiger partial charge in [0.2, 0.25) is 0 Å². The molecule has 0 radical (unpaired) electrons. The van der Waals surface area contributed by atoms with Gasteiger partial charge in [-0.25, -0.2) is 0 Å². The Morgan fingerprint density at radius 1 is 0.741 bits per heavy atom. The average molecular weight is 382 g/mol. The maximum Gasteiger partial charge on any atom is 0.0566 e. The lowest BCUT2D eigenvalue weighted by Gasteiger charge is -2.17. The minimum absolute atomic E-state index is 0.872. The molecule has 0 aliphatic carbocycles. The lowest BCUT2D eigenvalue weighted by molar-refractivity contribution is 0.581. The van der Waals surface area contributed by atoms with Gasteiger partial charge >= 0.3 is 0 Å². The monoisotopic (exact) mass is 381 g/mol. The Bertz CT molecular complexity index is 884. The molecule has 0 spiro atoms. The Kier molecular flexibility index (Phi) is 7.41. The molecule has 0 aromatic heterocycles. The van der Waals surface area contributed by atoms with E-state index in [4.69, 9.17) is 11.6 Å². The molecule has 0 aliphatic heterocycles. The van der Waals surface area contributed by atoms with Gasteiger partial charge in [0.05, 0.1) is 10.7 Å². The second-order valence-electron chi connectivity index (χ2n) is 7.63. The van der Waals surface area contributed by atoms with Crippen molar-refractivity contribution in [1.29, 1.82) is 0 Å². The van der Waals surface area contributed by atoms with Crippen LogP contribution in [0.2, 0.25) is 5.02 Å². The van der Waals surface area contributed by atoms with Gasteiger partial charge in [0.25, 0.3) is 0 Å². The van der Waals surface area contributed by atoms with Crippen molar-refractivity contribution in [1.82, 2.24) is 0 Å². The van der Waals surface area contributed by atoms with Gasteiger partial charge in [-0.05, 0) is 18.9 Å². The minimum atomic E-state index is 0.872. The van der Waals surface area contributed by atoms with Gasteiger partial charge in [0.15, 0.2) is 0 Å². The van der Waals surface area contributed by atoms with E-state index < -0.39 is 0 Å². The maximum absolute atomic E-state index is 6.78. The lowest BCUT2D eigenvalue weighted by Crippen LogP contribution is -2.03. The molecule has 1 N–H and O–H groups in total. The molecular weight excluding hydrogens is 350 g/mol. The summed E-state index contributed by atoms with van der Waals surface area (Å²) < 4.78 is 0. The van der Waals surface area contributed by atoms with Crippen molar-refractivity contribution in [2.45, 2.75) is 65.2 Å². The minimum Gasteiger partial charge on any atom is -0.384 e. The third-order valence-corrected chi connectivity index (χ3v) is 5.92. The number of benzene rings is 3. The summed E-state index contributed by atoms with van der Waals surface area (Å²) >= 11 is 6.78. The fourth-order valence-corrected chi connectivity index (χ4v) is 4.42. The number of halogens is 1.